The van der Waals surface area contributed by atoms with Gasteiger partial charge < -0.3 is 15.7 Å². The Balaban J connectivity index is 1.87. The number of benzene rings is 1. The van der Waals surface area contributed by atoms with E-state index in [0.717, 1.165) is 11.3 Å². The Kier molecular flexibility index (Phi) is 5.34. The number of nitrogens with one attached hydrogen (secondary N) is 2. The Labute approximate surface area is 123 Å². The van der Waals surface area contributed by atoms with E-state index in [4.69, 9.17) is 5.11 Å². The molecule has 1 heterocycles. The lowest BCUT2D eigenvalue weighted by Gasteiger charge is -2.10. The van der Waals surface area contributed by atoms with Gasteiger partial charge in [-0.15, -0.1) is 0 Å². The van der Waals surface area contributed by atoms with Crippen molar-refractivity contribution in [3.8, 4) is 0 Å². The van der Waals surface area contributed by atoms with Gasteiger partial charge >= 0.3 is 6.03 Å². The molecule has 0 spiro atoms. The van der Waals surface area contributed by atoms with Crippen molar-refractivity contribution in [2.24, 2.45) is 0 Å². The summed E-state index contributed by atoms with van der Waals surface area (Å²) in [6.45, 7) is 2.79. The van der Waals surface area contributed by atoms with Crippen LogP contribution < -0.4 is 10.6 Å². The fourth-order valence-corrected chi connectivity index (χ4v) is 1.90. The first-order valence-corrected chi connectivity index (χ1v) is 6.93. The van der Waals surface area contributed by atoms with Gasteiger partial charge in [0.2, 0.25) is 0 Å². The molecule has 6 nitrogen and oxygen atoms in total. The van der Waals surface area contributed by atoms with Gasteiger partial charge in [0.05, 0.1) is 12.6 Å². The molecule has 1 atom stereocenters. The van der Waals surface area contributed by atoms with Crippen LogP contribution in [0.2, 0.25) is 0 Å². The second-order valence-corrected chi connectivity index (χ2v) is 4.92. The number of anilines is 1. The molecule has 2 amide bonds. The van der Waals surface area contributed by atoms with E-state index < -0.39 is 6.10 Å². The third kappa shape index (κ3) is 5.27. The van der Waals surface area contributed by atoms with Crippen LogP contribution in [0.15, 0.2) is 42.7 Å². The summed E-state index contributed by atoms with van der Waals surface area (Å²) in [5, 5.41) is 18.8. The number of aliphatic hydroxyl groups is 1. The maximum absolute atomic E-state index is 11.7. The lowest BCUT2D eigenvalue weighted by atomic mass is 10.2. The summed E-state index contributed by atoms with van der Waals surface area (Å²) in [7, 11) is 0. The number of rotatable bonds is 6. The first-order valence-electron chi connectivity index (χ1n) is 6.93. The van der Waals surface area contributed by atoms with Gasteiger partial charge in [0.25, 0.3) is 0 Å². The molecule has 2 rings (SSSR count). The van der Waals surface area contributed by atoms with E-state index in [1.165, 1.54) is 0 Å². The Morgan fingerprint density at radius 2 is 2.29 bits per heavy atom. The highest BCUT2D eigenvalue weighted by atomic mass is 16.3. The smallest absolute Gasteiger partial charge is 0.319 e. The Hall–Kier alpha value is -2.34. The monoisotopic (exact) mass is 288 g/mol. The highest BCUT2D eigenvalue weighted by Crippen LogP contribution is 2.11. The summed E-state index contributed by atoms with van der Waals surface area (Å²) < 4.78 is 1.82. The van der Waals surface area contributed by atoms with E-state index in [1.807, 2.05) is 41.2 Å². The fourth-order valence-electron chi connectivity index (χ4n) is 1.90. The summed E-state index contributed by atoms with van der Waals surface area (Å²) >= 11 is 0. The molecular weight excluding hydrogens is 268 g/mol. The number of hydrogen-bond donors (Lipinski definition) is 3. The van der Waals surface area contributed by atoms with E-state index in [9.17, 15) is 4.79 Å². The summed E-state index contributed by atoms with van der Waals surface area (Å²) in [6, 6.07) is 9.23. The van der Waals surface area contributed by atoms with Crippen molar-refractivity contribution in [1.29, 1.82) is 0 Å². The van der Waals surface area contributed by atoms with Crippen molar-refractivity contribution in [2.45, 2.75) is 26.0 Å². The molecule has 0 aliphatic rings. The van der Waals surface area contributed by atoms with Crippen LogP contribution in [0, 0.1) is 0 Å². The van der Waals surface area contributed by atoms with Gasteiger partial charge in [-0.25, -0.2) is 4.79 Å². The molecule has 0 aliphatic heterocycles. The second-order valence-electron chi connectivity index (χ2n) is 4.92. The van der Waals surface area contributed by atoms with Crippen molar-refractivity contribution in [2.75, 3.05) is 11.9 Å². The van der Waals surface area contributed by atoms with Gasteiger partial charge in [-0.05, 0) is 37.1 Å². The zero-order chi connectivity index (χ0) is 15.1. The maximum atomic E-state index is 11.7. The number of carbonyl (C=O) groups excluding carboxylic acids is 1. The first kappa shape index (κ1) is 15.1. The molecule has 1 aromatic carbocycles. The molecule has 0 bridgehead atoms. The van der Waals surface area contributed by atoms with Gasteiger partial charge in [0.15, 0.2) is 0 Å². The lowest BCUT2D eigenvalue weighted by Crippen LogP contribution is -2.30. The Morgan fingerprint density at radius 3 is 3.00 bits per heavy atom. The van der Waals surface area contributed by atoms with E-state index in [0.29, 0.717) is 19.5 Å². The largest absolute Gasteiger partial charge is 0.393 e. The minimum Gasteiger partial charge on any atom is -0.393 e. The standard InChI is InChI=1S/C15H20N4O2/c1-12(20)6-8-16-15(21)18-14-5-2-4-13(10-14)11-19-9-3-7-17-19/h2-5,7,9-10,12,20H,6,8,11H2,1H3,(H2,16,18,21). The predicted molar refractivity (Wildman–Crippen MR) is 81.1 cm³/mol. The average molecular weight is 288 g/mol. The number of aliphatic hydroxyl groups excluding tert-OH is 1. The van der Waals surface area contributed by atoms with Gasteiger partial charge in [0.1, 0.15) is 0 Å². The fraction of sp³-hybridized carbons (Fsp3) is 0.333. The molecule has 0 saturated heterocycles. The minimum atomic E-state index is -0.414. The molecule has 0 aliphatic carbocycles. The molecule has 6 heteroatoms. The molecule has 0 saturated carbocycles. The van der Waals surface area contributed by atoms with E-state index in [2.05, 4.69) is 15.7 Å². The van der Waals surface area contributed by atoms with Crippen LogP contribution in [0.25, 0.3) is 0 Å². The highest BCUT2D eigenvalue weighted by Gasteiger charge is 2.03. The van der Waals surface area contributed by atoms with Gasteiger partial charge in [0, 0.05) is 24.6 Å². The third-order valence-corrected chi connectivity index (χ3v) is 2.94. The predicted octanol–water partition coefficient (Wildman–Crippen LogP) is 1.82. The van der Waals surface area contributed by atoms with E-state index >= 15 is 0 Å². The molecule has 0 radical (unpaired) electrons. The molecule has 1 aromatic heterocycles. The summed E-state index contributed by atoms with van der Waals surface area (Å²) in [5.74, 6) is 0. The Morgan fingerprint density at radius 1 is 1.43 bits per heavy atom. The summed E-state index contributed by atoms with van der Waals surface area (Å²) in [4.78, 5) is 11.7. The van der Waals surface area contributed by atoms with Crippen LogP contribution >= 0.6 is 0 Å². The van der Waals surface area contributed by atoms with Gasteiger partial charge in [-0.1, -0.05) is 12.1 Å². The first-order chi connectivity index (χ1) is 10.1. The van der Waals surface area contributed by atoms with E-state index in [1.54, 1.807) is 13.1 Å². The van der Waals surface area contributed by atoms with Crippen molar-refractivity contribution < 1.29 is 9.90 Å². The third-order valence-electron chi connectivity index (χ3n) is 2.94. The van der Waals surface area contributed by atoms with Crippen LogP contribution in [0.3, 0.4) is 0 Å². The topological polar surface area (TPSA) is 79.2 Å². The summed E-state index contributed by atoms with van der Waals surface area (Å²) in [6.07, 6.45) is 3.75. The Bertz CT molecular complexity index is 567. The number of carbonyl (C=O) groups is 1. The SMILES string of the molecule is CC(O)CCNC(=O)Nc1cccc(Cn2cccn2)c1. The molecule has 3 N–H and O–H groups in total. The second kappa shape index (κ2) is 7.44. The van der Waals surface area contributed by atoms with Crippen LogP contribution in [-0.4, -0.2) is 33.6 Å². The molecular formula is C15H20N4O2. The normalized spacial score (nSPS) is 11.9. The quantitative estimate of drug-likeness (QED) is 0.758. The molecule has 0 fully saturated rings. The lowest BCUT2D eigenvalue weighted by molar-refractivity contribution is 0.184. The van der Waals surface area contributed by atoms with Gasteiger partial charge in [-0.3, -0.25) is 4.68 Å². The summed E-state index contributed by atoms with van der Waals surface area (Å²) in [5.41, 5.74) is 1.79. The number of nitrogens with zero attached hydrogens (tertiary/aromatic N) is 2. The van der Waals surface area contributed by atoms with Gasteiger partial charge in [-0.2, -0.15) is 5.10 Å². The number of hydrogen-bond acceptors (Lipinski definition) is 3. The number of amides is 2. The van der Waals surface area contributed by atoms with Crippen molar-refractivity contribution in [3.05, 3.63) is 48.3 Å². The molecule has 2 aromatic rings. The minimum absolute atomic E-state index is 0.271. The number of aromatic nitrogens is 2. The maximum Gasteiger partial charge on any atom is 0.319 e. The highest BCUT2D eigenvalue weighted by molar-refractivity contribution is 5.89. The molecule has 21 heavy (non-hydrogen) atoms. The van der Waals surface area contributed by atoms with Crippen molar-refractivity contribution in [3.63, 3.8) is 0 Å². The molecule has 1 unspecified atom stereocenters. The van der Waals surface area contributed by atoms with Crippen LogP contribution in [0.1, 0.15) is 18.9 Å². The molecule has 112 valence electrons. The zero-order valence-electron chi connectivity index (χ0n) is 12.0. The van der Waals surface area contributed by atoms with Crippen molar-refractivity contribution in [1.82, 2.24) is 15.1 Å². The average Bonchev–Trinajstić information content (AvgIpc) is 2.91. The van der Waals surface area contributed by atoms with Crippen LogP contribution in [-0.2, 0) is 6.54 Å². The van der Waals surface area contributed by atoms with Crippen LogP contribution in [0.4, 0.5) is 10.5 Å². The van der Waals surface area contributed by atoms with E-state index in [-0.39, 0.29) is 6.03 Å². The van der Waals surface area contributed by atoms with Crippen LogP contribution in [0.5, 0.6) is 0 Å². The zero-order valence-corrected chi connectivity index (χ0v) is 12.0. The number of urea groups is 1. The van der Waals surface area contributed by atoms with Crippen molar-refractivity contribution >= 4 is 11.7 Å².